The van der Waals surface area contributed by atoms with Crippen molar-refractivity contribution in [3.8, 4) is 0 Å². The van der Waals surface area contributed by atoms with Gasteiger partial charge in [0.15, 0.2) is 5.43 Å². The van der Waals surface area contributed by atoms with E-state index in [9.17, 15) is 14.0 Å². The van der Waals surface area contributed by atoms with Crippen LogP contribution < -0.4 is 5.43 Å². The van der Waals surface area contributed by atoms with Crippen molar-refractivity contribution in [2.45, 2.75) is 6.04 Å². The number of hydrogen-bond acceptors (Lipinski definition) is 4. The van der Waals surface area contributed by atoms with Gasteiger partial charge in [0, 0.05) is 24.0 Å². The average molecular weight is 416 g/mol. The smallest absolute Gasteiger partial charge is 0.290 e. The third-order valence-electron chi connectivity index (χ3n) is 5.85. The van der Waals surface area contributed by atoms with E-state index in [0.29, 0.717) is 29.6 Å². The van der Waals surface area contributed by atoms with E-state index in [1.807, 2.05) is 49.3 Å². The van der Waals surface area contributed by atoms with Crippen molar-refractivity contribution in [3.05, 3.63) is 93.6 Å². The van der Waals surface area contributed by atoms with Crippen LogP contribution in [0.2, 0.25) is 0 Å². The molecule has 0 unspecified atom stereocenters. The number of halogens is 1. The molecule has 0 bridgehead atoms. The number of benzene rings is 3. The van der Waals surface area contributed by atoms with Crippen LogP contribution in [0.5, 0.6) is 0 Å². The molecule has 5 rings (SSSR count). The minimum absolute atomic E-state index is 0.000798. The first-order valence-corrected chi connectivity index (χ1v) is 10.2. The highest BCUT2D eigenvalue weighted by Gasteiger charge is 2.43. The fourth-order valence-electron chi connectivity index (χ4n) is 4.31. The lowest BCUT2D eigenvalue weighted by Gasteiger charge is -2.26. The zero-order valence-corrected chi connectivity index (χ0v) is 17.3. The summed E-state index contributed by atoms with van der Waals surface area (Å²) in [5.41, 5.74) is 0.588. The van der Waals surface area contributed by atoms with E-state index in [1.165, 1.54) is 11.0 Å². The normalized spacial score (nSPS) is 15.9. The quantitative estimate of drug-likeness (QED) is 0.468. The predicted molar refractivity (Wildman–Crippen MR) is 118 cm³/mol. The number of fused-ring (bicyclic) bond motifs is 4. The largest absolute Gasteiger partial charge is 0.450 e. The highest BCUT2D eigenvalue weighted by molar-refractivity contribution is 6.06. The minimum Gasteiger partial charge on any atom is -0.450 e. The molecule has 0 saturated carbocycles. The van der Waals surface area contributed by atoms with Crippen LogP contribution in [0.3, 0.4) is 0 Å². The Labute approximate surface area is 178 Å². The van der Waals surface area contributed by atoms with E-state index in [4.69, 9.17) is 4.42 Å². The molecule has 0 N–H and O–H groups in total. The molecule has 1 aromatic heterocycles. The molecule has 2 heterocycles. The van der Waals surface area contributed by atoms with E-state index in [-0.39, 0.29) is 16.8 Å². The Hall–Kier alpha value is -3.51. The number of hydrogen-bond donors (Lipinski definition) is 0. The van der Waals surface area contributed by atoms with Gasteiger partial charge in [-0.2, -0.15) is 0 Å². The zero-order valence-electron chi connectivity index (χ0n) is 17.3. The highest BCUT2D eigenvalue weighted by Crippen LogP contribution is 2.39. The summed E-state index contributed by atoms with van der Waals surface area (Å²) in [5.74, 6) is -0.848. The van der Waals surface area contributed by atoms with Crippen LogP contribution in [0, 0.1) is 5.82 Å². The molecule has 156 valence electrons. The van der Waals surface area contributed by atoms with Crippen LogP contribution in [0.15, 0.2) is 69.9 Å². The van der Waals surface area contributed by atoms with Gasteiger partial charge in [-0.1, -0.05) is 48.5 Å². The Balaban J connectivity index is 1.80. The van der Waals surface area contributed by atoms with Gasteiger partial charge in [-0.3, -0.25) is 9.59 Å². The number of likely N-dealkylation sites (N-methyl/N-ethyl adjacent to an activating group) is 1. The molecule has 6 heteroatoms. The summed E-state index contributed by atoms with van der Waals surface area (Å²) in [4.78, 5) is 30.5. The number of carbonyl (C=O) groups excluding carboxylic acids is 1. The molecule has 0 saturated heterocycles. The van der Waals surface area contributed by atoms with Gasteiger partial charge in [0.25, 0.3) is 5.91 Å². The number of carbonyl (C=O) groups is 1. The van der Waals surface area contributed by atoms with Crippen LogP contribution in [0.1, 0.15) is 27.7 Å². The van der Waals surface area contributed by atoms with E-state index in [2.05, 4.69) is 0 Å². The summed E-state index contributed by atoms with van der Waals surface area (Å²) in [6.07, 6.45) is 0. The molecule has 0 radical (unpaired) electrons. The Morgan fingerprint density at radius 2 is 1.71 bits per heavy atom. The van der Waals surface area contributed by atoms with Gasteiger partial charge < -0.3 is 14.2 Å². The lowest BCUT2D eigenvalue weighted by atomic mass is 9.97. The summed E-state index contributed by atoms with van der Waals surface area (Å²) in [5, 5.41) is 2.07. The molecule has 1 aliphatic heterocycles. The van der Waals surface area contributed by atoms with Crippen molar-refractivity contribution in [3.63, 3.8) is 0 Å². The molecule has 0 aliphatic carbocycles. The van der Waals surface area contributed by atoms with Crippen molar-refractivity contribution in [2.75, 3.05) is 27.2 Å². The number of nitrogens with zero attached hydrogens (tertiary/aromatic N) is 2. The van der Waals surface area contributed by atoms with Crippen molar-refractivity contribution in [1.82, 2.24) is 9.80 Å². The Bertz CT molecular complexity index is 1390. The molecular formula is C25H21FN2O3. The second-order valence-electron chi connectivity index (χ2n) is 8.06. The summed E-state index contributed by atoms with van der Waals surface area (Å²) >= 11 is 0. The highest BCUT2D eigenvalue weighted by atomic mass is 19.1. The van der Waals surface area contributed by atoms with E-state index in [1.54, 1.807) is 24.3 Å². The second kappa shape index (κ2) is 7.32. The maximum atomic E-state index is 14.8. The Kier molecular flexibility index (Phi) is 4.59. The van der Waals surface area contributed by atoms with Crippen molar-refractivity contribution < 1.29 is 13.6 Å². The molecule has 0 fully saturated rings. The van der Waals surface area contributed by atoms with Gasteiger partial charge >= 0.3 is 0 Å². The lowest BCUT2D eigenvalue weighted by Crippen LogP contribution is -2.35. The Morgan fingerprint density at radius 1 is 0.968 bits per heavy atom. The molecule has 1 aliphatic rings. The van der Waals surface area contributed by atoms with Crippen LogP contribution in [0.4, 0.5) is 4.39 Å². The minimum atomic E-state index is -0.823. The summed E-state index contributed by atoms with van der Waals surface area (Å²) < 4.78 is 20.9. The van der Waals surface area contributed by atoms with Crippen LogP contribution >= 0.6 is 0 Å². The first kappa shape index (κ1) is 19.5. The van der Waals surface area contributed by atoms with Crippen molar-refractivity contribution in [1.29, 1.82) is 0 Å². The first-order chi connectivity index (χ1) is 15.0. The van der Waals surface area contributed by atoms with Crippen molar-refractivity contribution in [2.24, 2.45) is 0 Å². The third kappa shape index (κ3) is 3.02. The monoisotopic (exact) mass is 416 g/mol. The molecule has 31 heavy (non-hydrogen) atoms. The topological polar surface area (TPSA) is 53.8 Å². The van der Waals surface area contributed by atoms with Crippen LogP contribution in [-0.4, -0.2) is 42.9 Å². The fourth-order valence-corrected chi connectivity index (χ4v) is 4.31. The van der Waals surface area contributed by atoms with Crippen LogP contribution in [-0.2, 0) is 0 Å². The van der Waals surface area contributed by atoms with Gasteiger partial charge in [-0.15, -0.1) is 0 Å². The van der Waals surface area contributed by atoms with Crippen molar-refractivity contribution >= 4 is 27.6 Å². The average Bonchev–Trinajstić information content (AvgIpc) is 3.04. The molecule has 1 atom stereocenters. The molecule has 5 nitrogen and oxygen atoms in total. The van der Waals surface area contributed by atoms with Gasteiger partial charge in [-0.25, -0.2) is 4.39 Å². The Morgan fingerprint density at radius 3 is 2.48 bits per heavy atom. The van der Waals surface area contributed by atoms with Gasteiger partial charge in [0.1, 0.15) is 11.4 Å². The molecular weight excluding hydrogens is 395 g/mol. The van der Waals surface area contributed by atoms with Gasteiger partial charge in [0.05, 0.1) is 17.0 Å². The SMILES string of the molecule is CN(C)CCN1C(=O)c2oc3c(ccc4ccccc43)c(=O)c2[C@@H]1c1ccccc1F. The lowest BCUT2D eigenvalue weighted by molar-refractivity contribution is 0.0714. The van der Waals surface area contributed by atoms with E-state index >= 15 is 0 Å². The van der Waals surface area contributed by atoms with Crippen LogP contribution in [0.25, 0.3) is 21.7 Å². The maximum absolute atomic E-state index is 14.8. The molecule has 3 aromatic carbocycles. The van der Waals surface area contributed by atoms with Gasteiger partial charge in [-0.05, 0) is 31.6 Å². The van der Waals surface area contributed by atoms with E-state index in [0.717, 1.165) is 10.8 Å². The molecule has 4 aromatic rings. The number of amides is 1. The first-order valence-electron chi connectivity index (χ1n) is 10.2. The number of rotatable bonds is 4. The molecule has 0 spiro atoms. The maximum Gasteiger partial charge on any atom is 0.290 e. The van der Waals surface area contributed by atoms with Gasteiger partial charge in [0.2, 0.25) is 5.76 Å². The molecule has 1 amide bonds. The summed E-state index contributed by atoms with van der Waals surface area (Å²) in [6.45, 7) is 0.910. The standard InChI is InChI=1S/C25H21FN2O3/c1-27(2)13-14-28-21(17-9-5-6-10-19(17)26)20-22(29)18-12-11-15-7-3-4-8-16(15)23(18)31-24(20)25(28)30/h3-12,21H,13-14H2,1-2H3/t21-/m0/s1. The second-order valence-corrected chi connectivity index (χ2v) is 8.06. The third-order valence-corrected chi connectivity index (χ3v) is 5.85. The summed E-state index contributed by atoms with van der Waals surface area (Å²) in [7, 11) is 3.80. The zero-order chi connectivity index (χ0) is 21.7. The fraction of sp³-hybridized carbons (Fsp3) is 0.200. The predicted octanol–water partition coefficient (Wildman–Crippen LogP) is 4.19. The summed E-state index contributed by atoms with van der Waals surface area (Å²) in [6, 6.07) is 16.6. The van der Waals surface area contributed by atoms with E-state index < -0.39 is 17.8 Å².